The van der Waals surface area contributed by atoms with Crippen molar-refractivity contribution in [2.45, 2.75) is 18.9 Å². The minimum absolute atomic E-state index is 0.209. The highest BCUT2D eigenvalue weighted by Gasteiger charge is 2.40. The largest absolute Gasteiger partial charge is 0.385 e. The SMILES string of the molecule is COCCCS(=O)(=O)N1C[C@@H]2CCN[C@@H]2C1. The molecule has 2 aliphatic heterocycles. The van der Waals surface area contributed by atoms with E-state index in [1.165, 1.54) is 0 Å². The van der Waals surface area contributed by atoms with Gasteiger partial charge in [-0.1, -0.05) is 0 Å². The zero-order chi connectivity index (χ0) is 11.6. The van der Waals surface area contributed by atoms with Gasteiger partial charge < -0.3 is 10.1 Å². The fourth-order valence-corrected chi connectivity index (χ4v) is 4.10. The lowest BCUT2D eigenvalue weighted by Gasteiger charge is -2.17. The van der Waals surface area contributed by atoms with Crippen molar-refractivity contribution in [3.05, 3.63) is 0 Å². The van der Waals surface area contributed by atoms with Crippen LogP contribution in [0.5, 0.6) is 0 Å². The van der Waals surface area contributed by atoms with E-state index in [0.717, 1.165) is 13.0 Å². The second-order valence-corrected chi connectivity index (χ2v) is 6.68. The monoisotopic (exact) mass is 248 g/mol. The van der Waals surface area contributed by atoms with Gasteiger partial charge >= 0.3 is 0 Å². The highest BCUT2D eigenvalue weighted by molar-refractivity contribution is 7.89. The van der Waals surface area contributed by atoms with Crippen LogP contribution in [0.3, 0.4) is 0 Å². The molecule has 5 nitrogen and oxygen atoms in total. The first-order chi connectivity index (χ1) is 7.63. The number of sulfonamides is 1. The Morgan fingerprint density at radius 2 is 2.25 bits per heavy atom. The van der Waals surface area contributed by atoms with Crippen LogP contribution >= 0.6 is 0 Å². The van der Waals surface area contributed by atoms with Crippen molar-refractivity contribution in [2.75, 3.05) is 39.1 Å². The van der Waals surface area contributed by atoms with Crippen LogP contribution in [-0.2, 0) is 14.8 Å². The van der Waals surface area contributed by atoms with Crippen LogP contribution in [0.4, 0.5) is 0 Å². The summed E-state index contributed by atoms with van der Waals surface area (Å²) in [7, 11) is -1.47. The molecule has 0 aromatic rings. The Kier molecular flexibility index (Phi) is 3.84. The van der Waals surface area contributed by atoms with Gasteiger partial charge in [0, 0.05) is 32.8 Å². The maximum absolute atomic E-state index is 12.0. The second kappa shape index (κ2) is 5.00. The van der Waals surface area contributed by atoms with E-state index in [-0.39, 0.29) is 5.75 Å². The molecule has 0 aromatic carbocycles. The van der Waals surface area contributed by atoms with Gasteiger partial charge in [0.1, 0.15) is 0 Å². The van der Waals surface area contributed by atoms with Gasteiger partial charge in [0.25, 0.3) is 0 Å². The van der Waals surface area contributed by atoms with Crippen LogP contribution in [0.2, 0.25) is 0 Å². The lowest BCUT2D eigenvalue weighted by Crippen LogP contribution is -2.35. The topological polar surface area (TPSA) is 58.6 Å². The van der Waals surface area contributed by atoms with Crippen LogP contribution in [0.15, 0.2) is 0 Å². The van der Waals surface area contributed by atoms with Crippen molar-refractivity contribution >= 4 is 10.0 Å². The van der Waals surface area contributed by atoms with E-state index in [4.69, 9.17) is 4.74 Å². The van der Waals surface area contributed by atoms with Crippen molar-refractivity contribution in [1.29, 1.82) is 0 Å². The summed E-state index contributed by atoms with van der Waals surface area (Å²) < 4.78 is 30.5. The summed E-state index contributed by atoms with van der Waals surface area (Å²) in [5.74, 6) is 0.734. The molecule has 16 heavy (non-hydrogen) atoms. The van der Waals surface area contributed by atoms with E-state index >= 15 is 0 Å². The Balaban J connectivity index is 1.88. The van der Waals surface area contributed by atoms with Gasteiger partial charge in [0.05, 0.1) is 5.75 Å². The molecule has 0 aliphatic carbocycles. The molecule has 6 heteroatoms. The molecule has 0 bridgehead atoms. The molecule has 2 heterocycles. The Morgan fingerprint density at radius 1 is 1.44 bits per heavy atom. The fraction of sp³-hybridized carbons (Fsp3) is 1.00. The predicted octanol–water partition coefficient (Wildman–Crippen LogP) is -0.354. The van der Waals surface area contributed by atoms with E-state index in [9.17, 15) is 8.42 Å². The van der Waals surface area contributed by atoms with E-state index in [0.29, 0.717) is 38.1 Å². The lowest BCUT2D eigenvalue weighted by molar-refractivity contribution is 0.199. The van der Waals surface area contributed by atoms with E-state index in [2.05, 4.69) is 5.32 Å². The summed E-state index contributed by atoms with van der Waals surface area (Å²) in [6, 6.07) is 0.386. The highest BCUT2D eigenvalue weighted by atomic mass is 32.2. The maximum atomic E-state index is 12.0. The van der Waals surface area contributed by atoms with Crippen molar-refractivity contribution in [3.63, 3.8) is 0 Å². The molecular weight excluding hydrogens is 228 g/mol. The van der Waals surface area contributed by atoms with Gasteiger partial charge in [0.2, 0.25) is 10.0 Å². The van der Waals surface area contributed by atoms with Gasteiger partial charge in [-0.05, 0) is 25.3 Å². The van der Waals surface area contributed by atoms with Crippen molar-refractivity contribution in [2.24, 2.45) is 5.92 Å². The van der Waals surface area contributed by atoms with E-state index in [1.54, 1.807) is 11.4 Å². The van der Waals surface area contributed by atoms with Crippen LogP contribution in [0.25, 0.3) is 0 Å². The van der Waals surface area contributed by atoms with Gasteiger partial charge in [-0.25, -0.2) is 12.7 Å². The van der Waals surface area contributed by atoms with Gasteiger partial charge in [-0.2, -0.15) is 0 Å². The highest BCUT2D eigenvalue weighted by Crippen LogP contribution is 2.26. The average Bonchev–Trinajstić information content (AvgIpc) is 2.76. The summed E-state index contributed by atoms with van der Waals surface area (Å²) in [6.07, 6.45) is 1.69. The van der Waals surface area contributed by atoms with Gasteiger partial charge in [0.15, 0.2) is 0 Å². The quantitative estimate of drug-likeness (QED) is 0.676. The molecule has 0 saturated carbocycles. The van der Waals surface area contributed by atoms with Crippen LogP contribution in [-0.4, -0.2) is 57.9 Å². The third-order valence-electron chi connectivity index (χ3n) is 3.47. The number of fused-ring (bicyclic) bond motifs is 1. The molecule has 0 unspecified atom stereocenters. The first-order valence-corrected chi connectivity index (χ1v) is 7.44. The molecule has 2 atom stereocenters. The molecule has 2 rings (SSSR count). The Morgan fingerprint density at radius 3 is 2.94 bits per heavy atom. The molecule has 1 N–H and O–H groups in total. The van der Waals surface area contributed by atoms with Crippen molar-refractivity contribution in [3.8, 4) is 0 Å². The molecule has 94 valence electrons. The third-order valence-corrected chi connectivity index (χ3v) is 5.36. The summed E-state index contributed by atoms with van der Waals surface area (Å²) in [5.41, 5.74) is 0. The zero-order valence-electron chi connectivity index (χ0n) is 9.68. The lowest BCUT2D eigenvalue weighted by atomic mass is 10.1. The van der Waals surface area contributed by atoms with Crippen molar-refractivity contribution < 1.29 is 13.2 Å². The average molecular weight is 248 g/mol. The third kappa shape index (κ3) is 2.56. The number of nitrogens with zero attached hydrogens (tertiary/aromatic N) is 1. The summed E-state index contributed by atoms with van der Waals surface area (Å²) in [4.78, 5) is 0. The first kappa shape index (κ1) is 12.3. The number of nitrogens with one attached hydrogen (secondary N) is 1. The predicted molar refractivity (Wildman–Crippen MR) is 61.8 cm³/mol. The van der Waals surface area contributed by atoms with Crippen LogP contribution in [0.1, 0.15) is 12.8 Å². The zero-order valence-corrected chi connectivity index (χ0v) is 10.5. The molecule has 2 fully saturated rings. The Labute approximate surface area is 97.2 Å². The number of hydrogen-bond donors (Lipinski definition) is 1. The normalized spacial score (nSPS) is 30.8. The number of rotatable bonds is 5. The standard InChI is InChI=1S/C10H20N2O3S/c1-15-5-2-6-16(13,14)12-7-9-3-4-11-10(9)8-12/h9-11H,2-8H2,1H3/t9-,10+/m0/s1. The first-order valence-electron chi connectivity index (χ1n) is 5.83. The van der Waals surface area contributed by atoms with Crippen LogP contribution < -0.4 is 5.32 Å². The van der Waals surface area contributed by atoms with E-state index in [1.807, 2.05) is 0 Å². The van der Waals surface area contributed by atoms with Gasteiger partial charge in [-0.15, -0.1) is 0 Å². The molecule has 0 radical (unpaired) electrons. The Hall–Kier alpha value is -0.170. The molecule has 0 amide bonds. The minimum atomic E-state index is -3.06. The number of ether oxygens (including phenoxy) is 1. The molecule has 0 spiro atoms. The molecular formula is C10H20N2O3S. The Bertz CT molecular complexity index is 319. The second-order valence-electron chi connectivity index (χ2n) is 4.59. The van der Waals surface area contributed by atoms with E-state index < -0.39 is 10.0 Å². The number of hydrogen-bond acceptors (Lipinski definition) is 4. The van der Waals surface area contributed by atoms with Crippen molar-refractivity contribution in [1.82, 2.24) is 9.62 Å². The van der Waals surface area contributed by atoms with Crippen LogP contribution in [0, 0.1) is 5.92 Å². The minimum Gasteiger partial charge on any atom is -0.385 e. The fourth-order valence-electron chi connectivity index (χ4n) is 2.55. The maximum Gasteiger partial charge on any atom is 0.214 e. The summed E-state index contributed by atoms with van der Waals surface area (Å²) >= 11 is 0. The molecule has 2 aliphatic rings. The smallest absolute Gasteiger partial charge is 0.214 e. The summed E-state index contributed by atoms with van der Waals surface area (Å²) in [5, 5.41) is 3.36. The number of methoxy groups -OCH3 is 1. The summed E-state index contributed by atoms with van der Waals surface area (Å²) in [6.45, 7) is 2.90. The molecule has 0 aromatic heterocycles. The molecule has 2 saturated heterocycles. The van der Waals surface area contributed by atoms with Gasteiger partial charge in [-0.3, -0.25) is 0 Å².